The molecular formula is C20H17FN4O. The van der Waals surface area contributed by atoms with Crippen molar-refractivity contribution in [1.82, 2.24) is 19.9 Å². The normalized spacial score (nSPS) is 11.0. The Labute approximate surface area is 150 Å². The molecule has 0 fully saturated rings. The van der Waals surface area contributed by atoms with Crippen molar-refractivity contribution in [1.29, 1.82) is 0 Å². The van der Waals surface area contributed by atoms with Gasteiger partial charge in [-0.05, 0) is 61.9 Å². The molecule has 130 valence electrons. The first-order valence-electron chi connectivity index (χ1n) is 8.28. The highest BCUT2D eigenvalue weighted by atomic mass is 19.1. The van der Waals surface area contributed by atoms with Crippen LogP contribution in [0.15, 0.2) is 59.1 Å². The molecule has 0 saturated heterocycles. The highest BCUT2D eigenvalue weighted by Gasteiger charge is 2.11. The first-order valence-corrected chi connectivity index (χ1v) is 8.28. The molecule has 0 radical (unpaired) electrons. The van der Waals surface area contributed by atoms with Gasteiger partial charge >= 0.3 is 0 Å². The molecule has 0 bridgehead atoms. The average molecular weight is 348 g/mol. The Balaban J connectivity index is 1.54. The van der Waals surface area contributed by atoms with Gasteiger partial charge in [-0.3, -0.25) is 4.68 Å². The van der Waals surface area contributed by atoms with Crippen LogP contribution in [-0.4, -0.2) is 19.9 Å². The van der Waals surface area contributed by atoms with E-state index in [-0.39, 0.29) is 5.82 Å². The van der Waals surface area contributed by atoms with Crippen molar-refractivity contribution in [3.63, 3.8) is 0 Å². The SMILES string of the molecule is Cc1cc(C)n(Cc2ccc(-c3nc(-c4ccc(F)cc4)no3)cc2)n1. The molecule has 0 unspecified atom stereocenters. The van der Waals surface area contributed by atoms with Crippen molar-refractivity contribution >= 4 is 0 Å². The lowest BCUT2D eigenvalue weighted by Gasteiger charge is -2.05. The zero-order valence-corrected chi connectivity index (χ0v) is 14.5. The Morgan fingerprint density at radius 3 is 2.31 bits per heavy atom. The lowest BCUT2D eigenvalue weighted by molar-refractivity contribution is 0.432. The van der Waals surface area contributed by atoms with E-state index in [1.165, 1.54) is 12.1 Å². The summed E-state index contributed by atoms with van der Waals surface area (Å²) in [4.78, 5) is 4.39. The second kappa shape index (κ2) is 6.55. The highest BCUT2D eigenvalue weighted by molar-refractivity contribution is 5.59. The monoisotopic (exact) mass is 348 g/mol. The summed E-state index contributed by atoms with van der Waals surface area (Å²) in [5.74, 6) is 0.573. The van der Waals surface area contributed by atoms with Crippen molar-refractivity contribution in [3.05, 3.63) is 77.4 Å². The van der Waals surface area contributed by atoms with E-state index in [2.05, 4.69) is 21.3 Å². The van der Waals surface area contributed by atoms with Crippen molar-refractivity contribution in [3.8, 4) is 22.8 Å². The van der Waals surface area contributed by atoms with Crippen LogP contribution in [0.2, 0.25) is 0 Å². The van der Waals surface area contributed by atoms with Crippen LogP contribution in [-0.2, 0) is 6.54 Å². The van der Waals surface area contributed by atoms with E-state index < -0.39 is 0 Å². The number of rotatable bonds is 4. The Hall–Kier alpha value is -3.28. The molecule has 5 nitrogen and oxygen atoms in total. The lowest BCUT2D eigenvalue weighted by Crippen LogP contribution is -2.03. The maximum atomic E-state index is 13.0. The summed E-state index contributed by atoms with van der Waals surface area (Å²) >= 11 is 0. The molecule has 4 rings (SSSR count). The van der Waals surface area contributed by atoms with Gasteiger partial charge in [0, 0.05) is 16.8 Å². The Bertz CT molecular complexity index is 1030. The molecule has 0 N–H and O–H groups in total. The summed E-state index contributed by atoms with van der Waals surface area (Å²) in [5, 5.41) is 8.45. The van der Waals surface area contributed by atoms with Crippen LogP contribution >= 0.6 is 0 Å². The maximum Gasteiger partial charge on any atom is 0.258 e. The van der Waals surface area contributed by atoms with Crippen LogP contribution in [0.25, 0.3) is 22.8 Å². The molecule has 2 aromatic heterocycles. The molecule has 0 spiro atoms. The Morgan fingerprint density at radius 1 is 0.962 bits per heavy atom. The number of hydrogen-bond donors (Lipinski definition) is 0. The van der Waals surface area contributed by atoms with Crippen molar-refractivity contribution < 1.29 is 8.91 Å². The molecule has 0 aliphatic rings. The summed E-state index contributed by atoms with van der Waals surface area (Å²) in [7, 11) is 0. The van der Waals surface area contributed by atoms with E-state index >= 15 is 0 Å². The Morgan fingerprint density at radius 2 is 1.65 bits per heavy atom. The summed E-state index contributed by atoms with van der Waals surface area (Å²) < 4.78 is 20.3. The third-order valence-electron chi connectivity index (χ3n) is 4.17. The average Bonchev–Trinajstić information content (AvgIpc) is 3.23. The maximum absolute atomic E-state index is 13.0. The van der Waals surface area contributed by atoms with E-state index in [0.29, 0.717) is 23.8 Å². The van der Waals surface area contributed by atoms with E-state index in [9.17, 15) is 4.39 Å². The molecule has 0 aliphatic heterocycles. The predicted octanol–water partition coefficient (Wildman–Crippen LogP) is 4.40. The van der Waals surface area contributed by atoms with E-state index in [1.54, 1.807) is 12.1 Å². The van der Waals surface area contributed by atoms with Gasteiger partial charge in [0.2, 0.25) is 5.82 Å². The van der Waals surface area contributed by atoms with Crippen LogP contribution in [0.5, 0.6) is 0 Å². The number of aryl methyl sites for hydroxylation is 2. The number of benzene rings is 2. The largest absolute Gasteiger partial charge is 0.334 e. The fraction of sp³-hybridized carbons (Fsp3) is 0.150. The summed E-state index contributed by atoms with van der Waals surface area (Å²) in [5.41, 5.74) is 4.83. The third-order valence-corrected chi connectivity index (χ3v) is 4.17. The van der Waals surface area contributed by atoms with E-state index in [1.807, 2.05) is 42.8 Å². The Kier molecular flexibility index (Phi) is 4.08. The number of halogens is 1. The smallest absolute Gasteiger partial charge is 0.258 e. The van der Waals surface area contributed by atoms with Gasteiger partial charge in [-0.2, -0.15) is 10.1 Å². The van der Waals surface area contributed by atoms with Gasteiger partial charge in [0.25, 0.3) is 5.89 Å². The number of aromatic nitrogens is 4. The summed E-state index contributed by atoms with van der Waals surface area (Å²) in [6.45, 7) is 4.75. The molecule has 0 amide bonds. The van der Waals surface area contributed by atoms with Crippen LogP contribution < -0.4 is 0 Å². The van der Waals surface area contributed by atoms with Gasteiger partial charge in [-0.15, -0.1) is 0 Å². The predicted molar refractivity (Wildman–Crippen MR) is 95.9 cm³/mol. The molecule has 2 aromatic carbocycles. The quantitative estimate of drug-likeness (QED) is 0.548. The zero-order valence-electron chi connectivity index (χ0n) is 14.5. The molecule has 6 heteroatoms. The fourth-order valence-electron chi connectivity index (χ4n) is 2.82. The minimum atomic E-state index is -0.296. The minimum Gasteiger partial charge on any atom is -0.334 e. The van der Waals surface area contributed by atoms with Gasteiger partial charge in [-0.1, -0.05) is 17.3 Å². The first-order chi connectivity index (χ1) is 12.6. The van der Waals surface area contributed by atoms with Crippen LogP contribution in [0.1, 0.15) is 17.0 Å². The van der Waals surface area contributed by atoms with E-state index in [0.717, 1.165) is 22.5 Å². The van der Waals surface area contributed by atoms with Gasteiger partial charge < -0.3 is 4.52 Å². The van der Waals surface area contributed by atoms with Gasteiger partial charge in [-0.25, -0.2) is 4.39 Å². The van der Waals surface area contributed by atoms with Crippen molar-refractivity contribution in [2.24, 2.45) is 0 Å². The zero-order chi connectivity index (χ0) is 18.1. The highest BCUT2D eigenvalue weighted by Crippen LogP contribution is 2.23. The van der Waals surface area contributed by atoms with Gasteiger partial charge in [0.1, 0.15) is 5.82 Å². The summed E-state index contributed by atoms with van der Waals surface area (Å²) in [6, 6.07) is 16.0. The van der Waals surface area contributed by atoms with Crippen molar-refractivity contribution in [2.75, 3.05) is 0 Å². The molecule has 0 saturated carbocycles. The standard InChI is InChI=1S/C20H17FN4O/c1-13-11-14(2)25(23-13)12-15-3-5-17(6-4-15)20-22-19(24-26-20)16-7-9-18(21)10-8-16/h3-11H,12H2,1-2H3. The second-order valence-corrected chi connectivity index (χ2v) is 6.21. The van der Waals surface area contributed by atoms with Crippen LogP contribution in [0, 0.1) is 19.7 Å². The molecule has 2 heterocycles. The van der Waals surface area contributed by atoms with Crippen LogP contribution in [0.4, 0.5) is 4.39 Å². The number of hydrogen-bond acceptors (Lipinski definition) is 4. The molecular weight excluding hydrogens is 331 g/mol. The topological polar surface area (TPSA) is 56.7 Å². The lowest BCUT2D eigenvalue weighted by atomic mass is 10.1. The number of nitrogens with zero attached hydrogens (tertiary/aromatic N) is 4. The van der Waals surface area contributed by atoms with Gasteiger partial charge in [0.15, 0.2) is 0 Å². The molecule has 4 aromatic rings. The third kappa shape index (κ3) is 3.26. The van der Waals surface area contributed by atoms with Gasteiger partial charge in [0.05, 0.1) is 12.2 Å². The van der Waals surface area contributed by atoms with E-state index in [4.69, 9.17) is 4.52 Å². The van der Waals surface area contributed by atoms with Crippen molar-refractivity contribution in [2.45, 2.75) is 20.4 Å². The fourth-order valence-corrected chi connectivity index (χ4v) is 2.82. The molecule has 26 heavy (non-hydrogen) atoms. The summed E-state index contributed by atoms with van der Waals surface area (Å²) in [6.07, 6.45) is 0. The second-order valence-electron chi connectivity index (χ2n) is 6.21. The van der Waals surface area contributed by atoms with Crippen LogP contribution in [0.3, 0.4) is 0 Å². The molecule has 0 atom stereocenters. The minimum absolute atomic E-state index is 0.296. The molecule has 0 aliphatic carbocycles. The first kappa shape index (κ1) is 16.2.